The van der Waals surface area contributed by atoms with Gasteiger partial charge in [0, 0.05) is 24.8 Å². The molecule has 0 atom stereocenters. The quantitative estimate of drug-likeness (QED) is 0.814. The number of ketones is 1. The topological polar surface area (TPSA) is 49.4 Å². The number of anilines is 1. The van der Waals surface area contributed by atoms with E-state index >= 15 is 0 Å². The fourth-order valence-corrected chi connectivity index (χ4v) is 1.44. The summed E-state index contributed by atoms with van der Waals surface area (Å²) >= 11 is 0. The van der Waals surface area contributed by atoms with E-state index in [4.69, 9.17) is 0 Å². The lowest BCUT2D eigenvalue weighted by Gasteiger charge is -2.16. The second kappa shape index (κ2) is 6.03. The molecular formula is C13H18N2O2. The predicted molar refractivity (Wildman–Crippen MR) is 68.4 cm³/mol. The molecule has 0 aromatic heterocycles. The van der Waals surface area contributed by atoms with Gasteiger partial charge in [-0.1, -0.05) is 6.92 Å². The van der Waals surface area contributed by atoms with E-state index < -0.39 is 0 Å². The molecule has 1 rings (SSSR count). The highest BCUT2D eigenvalue weighted by Crippen LogP contribution is 2.10. The molecule has 0 saturated heterocycles. The van der Waals surface area contributed by atoms with Gasteiger partial charge in [-0.25, -0.2) is 4.79 Å². The van der Waals surface area contributed by atoms with Crippen LogP contribution in [-0.2, 0) is 0 Å². The van der Waals surface area contributed by atoms with Crippen LogP contribution in [0.25, 0.3) is 0 Å². The molecule has 0 aliphatic carbocycles. The van der Waals surface area contributed by atoms with Gasteiger partial charge in [-0.05, 0) is 37.6 Å². The Balaban J connectivity index is 2.63. The first-order valence-corrected chi connectivity index (χ1v) is 5.67. The number of amides is 2. The van der Waals surface area contributed by atoms with Crippen LogP contribution in [-0.4, -0.2) is 30.3 Å². The van der Waals surface area contributed by atoms with Crippen LogP contribution in [0.1, 0.15) is 30.6 Å². The Labute approximate surface area is 102 Å². The number of urea groups is 1. The van der Waals surface area contributed by atoms with Gasteiger partial charge in [-0.2, -0.15) is 0 Å². The number of nitrogens with zero attached hydrogens (tertiary/aromatic N) is 1. The van der Waals surface area contributed by atoms with Crippen LogP contribution in [0.15, 0.2) is 24.3 Å². The van der Waals surface area contributed by atoms with Crippen molar-refractivity contribution in [2.75, 3.05) is 18.9 Å². The van der Waals surface area contributed by atoms with Crippen molar-refractivity contribution in [3.8, 4) is 0 Å². The molecule has 0 heterocycles. The van der Waals surface area contributed by atoms with E-state index in [0.717, 1.165) is 13.0 Å². The van der Waals surface area contributed by atoms with Gasteiger partial charge in [0.05, 0.1) is 0 Å². The highest BCUT2D eigenvalue weighted by Gasteiger charge is 2.07. The van der Waals surface area contributed by atoms with Crippen molar-refractivity contribution in [1.82, 2.24) is 4.90 Å². The summed E-state index contributed by atoms with van der Waals surface area (Å²) in [6.45, 7) is 4.26. The average Bonchev–Trinajstić information content (AvgIpc) is 2.30. The Morgan fingerprint density at radius 2 is 1.82 bits per heavy atom. The maximum atomic E-state index is 11.7. The lowest BCUT2D eigenvalue weighted by atomic mass is 10.1. The van der Waals surface area contributed by atoms with Crippen LogP contribution in [0.3, 0.4) is 0 Å². The molecule has 0 radical (unpaired) electrons. The third kappa shape index (κ3) is 3.90. The summed E-state index contributed by atoms with van der Waals surface area (Å²) in [7, 11) is 1.75. The molecule has 17 heavy (non-hydrogen) atoms. The molecule has 0 saturated carbocycles. The molecule has 4 nitrogen and oxygen atoms in total. The molecule has 0 aliphatic heterocycles. The first kappa shape index (κ1) is 13.2. The summed E-state index contributed by atoms with van der Waals surface area (Å²) in [5, 5.41) is 2.77. The molecule has 2 amide bonds. The Morgan fingerprint density at radius 1 is 1.24 bits per heavy atom. The smallest absolute Gasteiger partial charge is 0.321 e. The summed E-state index contributed by atoms with van der Waals surface area (Å²) in [6, 6.07) is 6.74. The summed E-state index contributed by atoms with van der Waals surface area (Å²) in [5.41, 5.74) is 1.34. The van der Waals surface area contributed by atoms with Crippen molar-refractivity contribution in [3.05, 3.63) is 29.8 Å². The predicted octanol–water partition coefficient (Wildman–Crippen LogP) is 2.76. The summed E-state index contributed by atoms with van der Waals surface area (Å²) in [5.74, 6) is 0.0194. The van der Waals surface area contributed by atoms with E-state index in [1.165, 1.54) is 6.92 Å². The number of carbonyl (C=O) groups excluding carboxylic acids is 2. The fourth-order valence-electron chi connectivity index (χ4n) is 1.44. The standard InChI is InChI=1S/C13H18N2O2/c1-4-9-15(3)13(17)14-12-7-5-11(6-8-12)10(2)16/h5-8H,4,9H2,1-3H3,(H,14,17). The SMILES string of the molecule is CCCN(C)C(=O)Nc1ccc(C(C)=O)cc1. The third-order valence-corrected chi connectivity index (χ3v) is 2.45. The van der Waals surface area contributed by atoms with Crippen molar-refractivity contribution >= 4 is 17.5 Å². The van der Waals surface area contributed by atoms with Gasteiger partial charge in [0.15, 0.2) is 5.78 Å². The molecule has 0 spiro atoms. The summed E-state index contributed by atoms with van der Waals surface area (Å²) in [6.07, 6.45) is 0.924. The van der Waals surface area contributed by atoms with Crippen LogP contribution >= 0.6 is 0 Å². The number of carbonyl (C=O) groups is 2. The lowest BCUT2D eigenvalue weighted by molar-refractivity contribution is 0.101. The highest BCUT2D eigenvalue weighted by atomic mass is 16.2. The average molecular weight is 234 g/mol. The minimum Gasteiger partial charge on any atom is -0.328 e. The Hall–Kier alpha value is -1.84. The van der Waals surface area contributed by atoms with E-state index in [1.807, 2.05) is 6.92 Å². The molecular weight excluding hydrogens is 216 g/mol. The van der Waals surface area contributed by atoms with Crippen molar-refractivity contribution in [3.63, 3.8) is 0 Å². The monoisotopic (exact) mass is 234 g/mol. The van der Waals surface area contributed by atoms with E-state index in [1.54, 1.807) is 36.2 Å². The number of Topliss-reactive ketones (excluding diaryl/α,β-unsaturated/α-hetero) is 1. The largest absolute Gasteiger partial charge is 0.328 e. The molecule has 1 aromatic carbocycles. The molecule has 1 aromatic rings. The lowest BCUT2D eigenvalue weighted by Crippen LogP contribution is -2.31. The summed E-state index contributed by atoms with van der Waals surface area (Å²) < 4.78 is 0. The second-order valence-electron chi connectivity index (χ2n) is 3.99. The van der Waals surface area contributed by atoms with Gasteiger partial charge < -0.3 is 10.2 Å². The van der Waals surface area contributed by atoms with Crippen LogP contribution in [0.4, 0.5) is 10.5 Å². The van der Waals surface area contributed by atoms with E-state index in [-0.39, 0.29) is 11.8 Å². The van der Waals surface area contributed by atoms with Gasteiger partial charge in [0.25, 0.3) is 0 Å². The first-order chi connectivity index (χ1) is 8.04. The van der Waals surface area contributed by atoms with Crippen molar-refractivity contribution in [2.24, 2.45) is 0 Å². The highest BCUT2D eigenvalue weighted by molar-refractivity contribution is 5.95. The zero-order valence-electron chi connectivity index (χ0n) is 10.5. The van der Waals surface area contributed by atoms with Gasteiger partial charge in [0.2, 0.25) is 0 Å². The Morgan fingerprint density at radius 3 is 2.29 bits per heavy atom. The first-order valence-electron chi connectivity index (χ1n) is 5.67. The van der Waals surface area contributed by atoms with Crippen molar-refractivity contribution < 1.29 is 9.59 Å². The summed E-state index contributed by atoms with van der Waals surface area (Å²) in [4.78, 5) is 24.4. The molecule has 4 heteroatoms. The Bertz CT molecular complexity index is 398. The Kier molecular flexibility index (Phi) is 4.69. The number of hydrogen-bond acceptors (Lipinski definition) is 2. The zero-order chi connectivity index (χ0) is 12.8. The van der Waals surface area contributed by atoms with E-state index in [0.29, 0.717) is 11.3 Å². The normalized spacial score (nSPS) is 9.82. The van der Waals surface area contributed by atoms with Gasteiger partial charge >= 0.3 is 6.03 Å². The number of benzene rings is 1. The van der Waals surface area contributed by atoms with E-state index in [9.17, 15) is 9.59 Å². The molecule has 1 N–H and O–H groups in total. The van der Waals surface area contributed by atoms with Crippen LogP contribution in [0, 0.1) is 0 Å². The molecule has 0 fully saturated rings. The number of hydrogen-bond donors (Lipinski definition) is 1. The minimum atomic E-state index is -0.137. The number of nitrogens with one attached hydrogen (secondary N) is 1. The van der Waals surface area contributed by atoms with Gasteiger partial charge in [-0.3, -0.25) is 4.79 Å². The van der Waals surface area contributed by atoms with Gasteiger partial charge in [-0.15, -0.1) is 0 Å². The third-order valence-electron chi connectivity index (χ3n) is 2.45. The second-order valence-corrected chi connectivity index (χ2v) is 3.99. The minimum absolute atomic E-state index is 0.0194. The fraction of sp³-hybridized carbons (Fsp3) is 0.385. The van der Waals surface area contributed by atoms with E-state index in [2.05, 4.69) is 5.32 Å². The number of rotatable bonds is 4. The molecule has 0 bridgehead atoms. The van der Waals surface area contributed by atoms with Crippen molar-refractivity contribution in [1.29, 1.82) is 0 Å². The molecule has 92 valence electrons. The maximum Gasteiger partial charge on any atom is 0.321 e. The molecule has 0 unspecified atom stereocenters. The van der Waals surface area contributed by atoms with Gasteiger partial charge in [0.1, 0.15) is 0 Å². The molecule has 0 aliphatic rings. The van der Waals surface area contributed by atoms with Crippen molar-refractivity contribution in [2.45, 2.75) is 20.3 Å². The van der Waals surface area contributed by atoms with Crippen LogP contribution < -0.4 is 5.32 Å². The zero-order valence-corrected chi connectivity index (χ0v) is 10.5. The van der Waals surface area contributed by atoms with Crippen LogP contribution in [0.5, 0.6) is 0 Å². The van der Waals surface area contributed by atoms with Crippen LogP contribution in [0.2, 0.25) is 0 Å². The maximum absolute atomic E-state index is 11.7.